The van der Waals surface area contributed by atoms with Gasteiger partial charge in [0.15, 0.2) is 0 Å². The highest BCUT2D eigenvalue weighted by molar-refractivity contribution is 7.92. The monoisotopic (exact) mass is 481 g/mol. The minimum Gasteiger partial charge on any atom is -0.477 e. The summed E-state index contributed by atoms with van der Waals surface area (Å²) in [6.45, 7) is 0.168. The summed E-state index contributed by atoms with van der Waals surface area (Å²) in [5.74, 6) is -1.09. The summed E-state index contributed by atoms with van der Waals surface area (Å²) in [7, 11) is -3.81. The van der Waals surface area contributed by atoms with Gasteiger partial charge in [-0.3, -0.25) is 4.72 Å². The zero-order valence-electron chi connectivity index (χ0n) is 18.3. The Morgan fingerprint density at radius 2 is 1.66 bits per heavy atom. The van der Waals surface area contributed by atoms with Gasteiger partial charge in [-0.05, 0) is 58.8 Å². The Morgan fingerprint density at radius 3 is 2.40 bits per heavy atom. The van der Waals surface area contributed by atoms with Crippen molar-refractivity contribution in [1.82, 2.24) is 4.57 Å². The number of rotatable bonds is 6. The van der Waals surface area contributed by atoms with Crippen LogP contribution >= 0.6 is 0 Å². The van der Waals surface area contributed by atoms with Gasteiger partial charge in [0, 0.05) is 17.6 Å². The smallest absolute Gasteiger partial charge is 0.352 e. The van der Waals surface area contributed by atoms with Crippen LogP contribution in [0.15, 0.2) is 95.9 Å². The Bertz CT molecular complexity index is 1750. The first kappa shape index (κ1) is 22.2. The summed E-state index contributed by atoms with van der Waals surface area (Å²) < 4.78 is 30.1. The number of carboxylic acid groups (broad SMARTS) is 1. The van der Waals surface area contributed by atoms with Crippen LogP contribution in [0.2, 0.25) is 0 Å². The molecule has 5 aromatic rings. The lowest BCUT2D eigenvalue weighted by atomic mass is 10.0. The molecule has 1 heterocycles. The lowest BCUT2D eigenvalue weighted by molar-refractivity contribution is 0.0686. The van der Waals surface area contributed by atoms with Crippen LogP contribution in [0.5, 0.6) is 0 Å². The number of hydrogen-bond acceptors (Lipinski definition) is 4. The standard InChI is InChI=1S/C27H19N3O4S/c28-16-18-10-11-20-15-26(27(31)32)30(25(20)12-18)17-21-14-22(13-19-6-4-5-9-24(19)21)29-35(33,34)23-7-2-1-3-8-23/h1-15,29H,17H2,(H,31,32). The maximum absolute atomic E-state index is 12.9. The van der Waals surface area contributed by atoms with Crippen molar-refractivity contribution in [1.29, 1.82) is 5.26 Å². The Kier molecular flexibility index (Phi) is 5.47. The van der Waals surface area contributed by atoms with Crippen molar-refractivity contribution in [2.45, 2.75) is 11.4 Å². The summed E-state index contributed by atoms with van der Waals surface area (Å²) in [5.41, 5.74) is 2.21. The van der Waals surface area contributed by atoms with Gasteiger partial charge in [0.2, 0.25) is 0 Å². The van der Waals surface area contributed by atoms with E-state index in [0.29, 0.717) is 22.2 Å². The third-order valence-electron chi connectivity index (χ3n) is 5.83. The van der Waals surface area contributed by atoms with E-state index in [9.17, 15) is 23.6 Å². The van der Waals surface area contributed by atoms with Gasteiger partial charge >= 0.3 is 5.97 Å². The second-order valence-electron chi connectivity index (χ2n) is 8.08. The van der Waals surface area contributed by atoms with Gasteiger partial charge in [-0.2, -0.15) is 5.26 Å². The zero-order valence-corrected chi connectivity index (χ0v) is 19.2. The van der Waals surface area contributed by atoms with E-state index >= 15 is 0 Å². The van der Waals surface area contributed by atoms with E-state index in [-0.39, 0.29) is 17.1 Å². The highest BCUT2D eigenvalue weighted by Gasteiger charge is 2.18. The van der Waals surface area contributed by atoms with Crippen molar-refractivity contribution in [3.8, 4) is 6.07 Å². The topological polar surface area (TPSA) is 112 Å². The molecule has 35 heavy (non-hydrogen) atoms. The van der Waals surface area contributed by atoms with Crippen LogP contribution in [0.25, 0.3) is 21.7 Å². The third kappa shape index (κ3) is 4.21. The average molecular weight is 482 g/mol. The quantitative estimate of drug-likeness (QED) is 0.346. The first-order valence-electron chi connectivity index (χ1n) is 10.7. The fourth-order valence-electron chi connectivity index (χ4n) is 4.24. The highest BCUT2D eigenvalue weighted by atomic mass is 32.2. The van der Waals surface area contributed by atoms with Gasteiger partial charge in [0.05, 0.1) is 22.0 Å². The van der Waals surface area contributed by atoms with E-state index in [0.717, 1.165) is 16.3 Å². The molecule has 8 heteroatoms. The average Bonchev–Trinajstić information content (AvgIpc) is 3.22. The Balaban J connectivity index is 1.65. The molecule has 0 spiro atoms. The largest absolute Gasteiger partial charge is 0.477 e. The fourth-order valence-corrected chi connectivity index (χ4v) is 5.30. The maximum Gasteiger partial charge on any atom is 0.352 e. The first-order chi connectivity index (χ1) is 16.9. The summed E-state index contributed by atoms with van der Waals surface area (Å²) in [6, 6.07) is 27.7. The molecule has 4 aromatic carbocycles. The van der Waals surface area contributed by atoms with Gasteiger partial charge in [-0.1, -0.05) is 48.5 Å². The number of carboxylic acids is 1. The van der Waals surface area contributed by atoms with E-state index in [1.54, 1.807) is 59.2 Å². The van der Waals surface area contributed by atoms with Crippen molar-refractivity contribution >= 4 is 43.4 Å². The molecule has 5 rings (SSSR count). The number of carbonyl (C=O) groups is 1. The summed E-state index contributed by atoms with van der Waals surface area (Å²) in [4.78, 5) is 12.2. The molecular weight excluding hydrogens is 462 g/mol. The van der Waals surface area contributed by atoms with Gasteiger partial charge in [0.25, 0.3) is 10.0 Å². The minimum absolute atomic E-state index is 0.0782. The lowest BCUT2D eigenvalue weighted by Crippen LogP contribution is -2.14. The molecule has 0 fully saturated rings. The second kappa shape index (κ2) is 8.63. The second-order valence-corrected chi connectivity index (χ2v) is 9.76. The van der Waals surface area contributed by atoms with E-state index in [1.165, 1.54) is 12.1 Å². The van der Waals surface area contributed by atoms with Crippen LogP contribution in [0.1, 0.15) is 21.6 Å². The van der Waals surface area contributed by atoms with Crippen molar-refractivity contribution in [3.63, 3.8) is 0 Å². The predicted octanol–water partition coefficient (Wildman–Crippen LogP) is 5.21. The lowest BCUT2D eigenvalue weighted by Gasteiger charge is -2.15. The molecule has 0 saturated heterocycles. The number of aromatic carboxylic acids is 1. The molecule has 0 bridgehead atoms. The molecule has 0 amide bonds. The van der Waals surface area contributed by atoms with Crippen molar-refractivity contribution in [3.05, 3.63) is 108 Å². The summed E-state index contributed by atoms with van der Waals surface area (Å²) >= 11 is 0. The van der Waals surface area contributed by atoms with Crippen molar-refractivity contribution in [2.24, 2.45) is 0 Å². The number of nitrogens with zero attached hydrogens (tertiary/aromatic N) is 2. The van der Waals surface area contributed by atoms with Crippen molar-refractivity contribution < 1.29 is 18.3 Å². The number of hydrogen-bond donors (Lipinski definition) is 2. The van der Waals surface area contributed by atoms with Gasteiger partial charge in [-0.25, -0.2) is 13.2 Å². The maximum atomic E-state index is 12.9. The number of nitrogens with one attached hydrogen (secondary N) is 1. The molecule has 0 aliphatic rings. The van der Waals surface area contributed by atoms with Crippen molar-refractivity contribution in [2.75, 3.05) is 4.72 Å². The van der Waals surface area contributed by atoms with Crippen LogP contribution < -0.4 is 4.72 Å². The van der Waals surface area contributed by atoms with Crippen LogP contribution in [-0.2, 0) is 16.6 Å². The number of aromatic nitrogens is 1. The van der Waals surface area contributed by atoms with Crippen LogP contribution in [0.4, 0.5) is 5.69 Å². The van der Waals surface area contributed by atoms with E-state index in [2.05, 4.69) is 10.8 Å². The number of anilines is 1. The highest BCUT2D eigenvalue weighted by Crippen LogP contribution is 2.29. The molecule has 0 aliphatic carbocycles. The minimum atomic E-state index is -3.81. The number of benzene rings is 4. The normalized spacial score (nSPS) is 11.4. The summed E-state index contributed by atoms with van der Waals surface area (Å²) in [6.07, 6.45) is 0. The Hall–Kier alpha value is -4.61. The predicted molar refractivity (Wildman–Crippen MR) is 134 cm³/mol. The van der Waals surface area contributed by atoms with Crippen LogP contribution in [-0.4, -0.2) is 24.1 Å². The molecule has 0 aliphatic heterocycles. The summed E-state index contributed by atoms with van der Waals surface area (Å²) in [5, 5.41) is 21.5. The Morgan fingerprint density at radius 1 is 0.914 bits per heavy atom. The number of fused-ring (bicyclic) bond motifs is 2. The molecule has 0 atom stereocenters. The van der Waals surface area contributed by atoms with E-state index in [1.807, 2.05) is 24.3 Å². The van der Waals surface area contributed by atoms with Gasteiger partial charge < -0.3 is 9.67 Å². The molecule has 0 radical (unpaired) electrons. The van der Waals surface area contributed by atoms with Crippen LogP contribution in [0.3, 0.4) is 0 Å². The molecule has 1 aromatic heterocycles. The van der Waals surface area contributed by atoms with Gasteiger partial charge in [0.1, 0.15) is 5.69 Å². The fraction of sp³-hybridized carbons (Fsp3) is 0.0370. The molecule has 0 saturated carbocycles. The third-order valence-corrected chi connectivity index (χ3v) is 7.23. The SMILES string of the molecule is N#Cc1ccc2cc(C(=O)O)n(Cc3cc(NS(=O)(=O)c4ccccc4)cc4ccccc34)c2c1. The molecule has 2 N–H and O–H groups in total. The van der Waals surface area contributed by atoms with Gasteiger partial charge in [-0.15, -0.1) is 0 Å². The molecule has 7 nitrogen and oxygen atoms in total. The van der Waals surface area contributed by atoms with Crippen LogP contribution in [0, 0.1) is 11.3 Å². The number of sulfonamides is 1. The molecule has 172 valence electrons. The first-order valence-corrected chi connectivity index (χ1v) is 12.2. The Labute approximate surface area is 201 Å². The van der Waals surface area contributed by atoms with E-state index in [4.69, 9.17) is 0 Å². The number of nitriles is 1. The van der Waals surface area contributed by atoms with E-state index < -0.39 is 16.0 Å². The zero-order chi connectivity index (χ0) is 24.6. The molecule has 0 unspecified atom stereocenters. The molecular formula is C27H19N3O4S.